The van der Waals surface area contributed by atoms with E-state index in [-0.39, 0.29) is 6.61 Å². The zero-order valence-corrected chi connectivity index (χ0v) is 13.3. The smallest absolute Gasteiger partial charge is 0.159 e. The van der Waals surface area contributed by atoms with Crippen LogP contribution < -0.4 is 0 Å². The molecule has 1 fully saturated rings. The van der Waals surface area contributed by atoms with Gasteiger partial charge in [-0.25, -0.2) is 9.67 Å². The van der Waals surface area contributed by atoms with Crippen LogP contribution in [0.5, 0.6) is 0 Å². The minimum Gasteiger partial charge on any atom is -0.395 e. The number of aliphatic hydroxyl groups is 1. The fourth-order valence-electron chi connectivity index (χ4n) is 3.46. The number of β-amino-alcohol motifs (C(OH)–C–C–N with tert-alkyl or cyclic N) is 1. The molecule has 0 radical (unpaired) electrons. The summed E-state index contributed by atoms with van der Waals surface area (Å²) in [6, 6.07) is 2.24. The van der Waals surface area contributed by atoms with Gasteiger partial charge in [0.1, 0.15) is 6.33 Å². The maximum absolute atomic E-state index is 9.10. The van der Waals surface area contributed by atoms with Crippen molar-refractivity contribution in [1.82, 2.24) is 19.7 Å². The molecular formula is C16H20N4OS. The maximum Gasteiger partial charge on any atom is 0.159 e. The molecule has 0 atom stereocenters. The van der Waals surface area contributed by atoms with Gasteiger partial charge in [0.2, 0.25) is 0 Å². The molecule has 2 aromatic rings. The molecule has 116 valence electrons. The zero-order valence-electron chi connectivity index (χ0n) is 12.5. The molecule has 2 aliphatic rings. The minimum absolute atomic E-state index is 0.245. The third kappa shape index (κ3) is 2.41. The fourth-order valence-corrected chi connectivity index (χ4v) is 4.50. The van der Waals surface area contributed by atoms with Crippen molar-refractivity contribution >= 4 is 16.9 Å². The highest BCUT2D eigenvalue weighted by atomic mass is 32.1. The number of piperidine rings is 1. The van der Waals surface area contributed by atoms with Crippen molar-refractivity contribution in [2.24, 2.45) is 0 Å². The number of thiophene rings is 1. The Balaban J connectivity index is 1.75. The second-order valence-corrected chi connectivity index (χ2v) is 6.79. The van der Waals surface area contributed by atoms with Crippen molar-refractivity contribution in [2.45, 2.75) is 25.8 Å². The van der Waals surface area contributed by atoms with E-state index in [9.17, 15) is 0 Å². The van der Waals surface area contributed by atoms with Gasteiger partial charge < -0.3 is 10.0 Å². The van der Waals surface area contributed by atoms with Crippen molar-refractivity contribution in [3.63, 3.8) is 0 Å². The third-order valence-electron chi connectivity index (χ3n) is 4.64. The lowest BCUT2D eigenvalue weighted by molar-refractivity contribution is 0.187. The summed E-state index contributed by atoms with van der Waals surface area (Å²) in [6.45, 7) is 3.98. The van der Waals surface area contributed by atoms with Crippen LogP contribution in [-0.2, 0) is 13.0 Å². The molecule has 1 N–H and O–H groups in total. The summed E-state index contributed by atoms with van der Waals surface area (Å²) in [5.74, 6) is 1.03. The van der Waals surface area contributed by atoms with Gasteiger partial charge in [0.15, 0.2) is 5.82 Å². The average molecular weight is 316 g/mol. The highest BCUT2D eigenvalue weighted by molar-refractivity contribution is 7.11. The van der Waals surface area contributed by atoms with Gasteiger partial charge in [-0.15, -0.1) is 11.3 Å². The molecule has 1 saturated heterocycles. The predicted molar refractivity (Wildman–Crippen MR) is 86.8 cm³/mol. The summed E-state index contributed by atoms with van der Waals surface area (Å²) in [5, 5.41) is 15.7. The largest absolute Gasteiger partial charge is 0.395 e. The van der Waals surface area contributed by atoms with Crippen molar-refractivity contribution in [3.05, 3.63) is 39.6 Å². The molecule has 6 heteroatoms. The zero-order chi connectivity index (χ0) is 14.9. The van der Waals surface area contributed by atoms with Gasteiger partial charge in [-0.2, -0.15) is 5.10 Å². The van der Waals surface area contributed by atoms with Gasteiger partial charge in [0.25, 0.3) is 0 Å². The number of nitrogens with zero attached hydrogens (tertiary/aromatic N) is 4. The lowest BCUT2D eigenvalue weighted by Crippen LogP contribution is -2.33. The monoisotopic (exact) mass is 316 g/mol. The number of aryl methyl sites for hydroxylation is 2. The number of hydrogen-bond acceptors (Lipinski definition) is 5. The van der Waals surface area contributed by atoms with Crippen LogP contribution in [0.1, 0.15) is 29.1 Å². The van der Waals surface area contributed by atoms with Gasteiger partial charge in [0.05, 0.1) is 6.61 Å². The first-order valence-corrected chi connectivity index (χ1v) is 8.75. The Morgan fingerprint density at radius 1 is 1.18 bits per heavy atom. The van der Waals surface area contributed by atoms with E-state index in [1.54, 1.807) is 6.33 Å². The first kappa shape index (κ1) is 14.1. The normalized spacial score (nSPS) is 19.0. The Bertz CT molecular complexity index is 648. The van der Waals surface area contributed by atoms with Crippen LogP contribution in [0.15, 0.2) is 23.3 Å². The van der Waals surface area contributed by atoms with Crippen LogP contribution in [0.4, 0.5) is 0 Å². The lowest BCUT2D eigenvalue weighted by atomic mass is 9.95. The fraction of sp³-hybridized carbons (Fsp3) is 0.500. The summed E-state index contributed by atoms with van der Waals surface area (Å²) in [7, 11) is 0. The van der Waals surface area contributed by atoms with E-state index < -0.39 is 0 Å². The Morgan fingerprint density at radius 3 is 2.86 bits per heavy atom. The maximum atomic E-state index is 9.10. The molecule has 0 amide bonds. The SMILES string of the molecule is OCCN1CCC(=C2c3sccc3CCn3ncnc32)CC1. The van der Waals surface area contributed by atoms with Gasteiger partial charge in [0, 0.05) is 36.6 Å². The Labute approximate surface area is 133 Å². The molecule has 2 aliphatic heterocycles. The first-order valence-electron chi connectivity index (χ1n) is 7.87. The number of fused-ring (bicyclic) bond motifs is 2. The Morgan fingerprint density at radius 2 is 2.05 bits per heavy atom. The molecule has 22 heavy (non-hydrogen) atoms. The Hall–Kier alpha value is -1.50. The van der Waals surface area contributed by atoms with Crippen molar-refractivity contribution in [2.75, 3.05) is 26.2 Å². The van der Waals surface area contributed by atoms with Crippen LogP contribution in [0.3, 0.4) is 0 Å². The number of hydrogen-bond donors (Lipinski definition) is 1. The second kappa shape index (κ2) is 5.95. The molecule has 0 aromatic carbocycles. The summed E-state index contributed by atoms with van der Waals surface area (Å²) < 4.78 is 2.05. The molecule has 0 saturated carbocycles. The number of aliphatic hydroxyl groups excluding tert-OH is 1. The van der Waals surface area contributed by atoms with E-state index in [4.69, 9.17) is 5.11 Å². The van der Waals surface area contributed by atoms with E-state index in [1.807, 2.05) is 11.3 Å². The summed E-state index contributed by atoms with van der Waals surface area (Å²) in [6.07, 6.45) is 4.82. The van der Waals surface area contributed by atoms with Crippen LogP contribution >= 0.6 is 11.3 Å². The van der Waals surface area contributed by atoms with Gasteiger partial charge in [-0.05, 0) is 36.3 Å². The van der Waals surface area contributed by atoms with E-state index >= 15 is 0 Å². The highest BCUT2D eigenvalue weighted by Gasteiger charge is 2.26. The highest BCUT2D eigenvalue weighted by Crippen LogP contribution is 2.38. The first-order chi connectivity index (χ1) is 10.9. The standard InChI is InChI=1S/C16H20N4OS/c21-9-8-19-5-1-12(2-6-19)14-15-13(4-10-22-15)3-7-20-16(14)17-11-18-20/h4,10-11,21H,1-3,5-9H2. The van der Waals surface area contributed by atoms with Crippen LogP contribution in [-0.4, -0.2) is 51.0 Å². The number of aromatic nitrogens is 3. The van der Waals surface area contributed by atoms with E-state index in [0.29, 0.717) is 0 Å². The number of rotatable bonds is 2. The molecule has 5 nitrogen and oxygen atoms in total. The molecular weight excluding hydrogens is 296 g/mol. The second-order valence-electron chi connectivity index (χ2n) is 5.88. The minimum atomic E-state index is 0.245. The lowest BCUT2D eigenvalue weighted by Gasteiger charge is -2.29. The number of likely N-dealkylation sites (tertiary alicyclic amines) is 1. The van der Waals surface area contributed by atoms with Crippen LogP contribution in [0.25, 0.3) is 5.57 Å². The summed E-state index contributed by atoms with van der Waals surface area (Å²) >= 11 is 1.83. The van der Waals surface area contributed by atoms with Gasteiger partial charge in [-0.1, -0.05) is 5.57 Å². The van der Waals surface area contributed by atoms with E-state index in [2.05, 4.69) is 31.1 Å². The van der Waals surface area contributed by atoms with Crippen LogP contribution in [0.2, 0.25) is 0 Å². The van der Waals surface area contributed by atoms with Crippen LogP contribution in [0, 0.1) is 0 Å². The molecule has 0 bridgehead atoms. The topological polar surface area (TPSA) is 54.2 Å². The van der Waals surface area contributed by atoms with E-state index in [1.165, 1.54) is 21.6 Å². The molecule has 2 aromatic heterocycles. The molecule has 0 unspecified atom stereocenters. The average Bonchev–Trinajstić information content (AvgIpc) is 3.16. The Kier molecular flexibility index (Phi) is 3.82. The summed E-state index contributed by atoms with van der Waals surface area (Å²) in [4.78, 5) is 8.27. The molecule has 0 spiro atoms. The van der Waals surface area contributed by atoms with Crippen molar-refractivity contribution < 1.29 is 5.11 Å². The van der Waals surface area contributed by atoms with E-state index in [0.717, 1.165) is 51.3 Å². The van der Waals surface area contributed by atoms with Crippen molar-refractivity contribution in [3.8, 4) is 0 Å². The molecule has 0 aliphatic carbocycles. The van der Waals surface area contributed by atoms with Gasteiger partial charge >= 0.3 is 0 Å². The summed E-state index contributed by atoms with van der Waals surface area (Å²) in [5.41, 5.74) is 4.25. The molecule has 4 rings (SSSR count). The molecule has 4 heterocycles. The predicted octanol–water partition coefficient (Wildman–Crippen LogP) is 1.79. The van der Waals surface area contributed by atoms with Crippen molar-refractivity contribution in [1.29, 1.82) is 0 Å². The quantitative estimate of drug-likeness (QED) is 0.918. The van der Waals surface area contributed by atoms with Gasteiger partial charge in [-0.3, -0.25) is 0 Å². The third-order valence-corrected chi connectivity index (χ3v) is 5.61.